The summed E-state index contributed by atoms with van der Waals surface area (Å²) in [6.45, 7) is 1.78. The molecule has 0 aromatic carbocycles. The highest BCUT2D eigenvalue weighted by molar-refractivity contribution is 5.10. The van der Waals surface area contributed by atoms with Crippen molar-refractivity contribution in [3.63, 3.8) is 0 Å². The van der Waals surface area contributed by atoms with Crippen LogP contribution in [0, 0.1) is 5.92 Å². The van der Waals surface area contributed by atoms with E-state index in [0.717, 1.165) is 19.5 Å². The van der Waals surface area contributed by atoms with Gasteiger partial charge >= 0.3 is 0 Å². The highest BCUT2D eigenvalue weighted by atomic mass is 15.1. The fourth-order valence-electron chi connectivity index (χ4n) is 1.59. The number of aromatic nitrogens is 1. The van der Waals surface area contributed by atoms with Gasteiger partial charge in [-0.1, -0.05) is 0 Å². The summed E-state index contributed by atoms with van der Waals surface area (Å²) in [6.07, 6.45) is 4.70. The Morgan fingerprint density at radius 1 is 1.36 bits per heavy atom. The number of hydrogen-bond donors (Lipinski definition) is 1. The minimum absolute atomic E-state index is 0.535. The predicted molar refractivity (Wildman–Crippen MR) is 59.0 cm³/mol. The van der Waals surface area contributed by atoms with Crippen LogP contribution in [0.5, 0.6) is 0 Å². The van der Waals surface area contributed by atoms with Gasteiger partial charge in [-0.25, -0.2) is 0 Å². The molecule has 14 heavy (non-hydrogen) atoms. The van der Waals surface area contributed by atoms with Gasteiger partial charge in [0.15, 0.2) is 0 Å². The maximum Gasteiger partial charge on any atom is 0.0270 e. The molecule has 1 aromatic rings. The van der Waals surface area contributed by atoms with Crippen molar-refractivity contribution in [3.8, 4) is 0 Å². The first-order valence-corrected chi connectivity index (χ1v) is 4.96. The number of pyridine rings is 1. The van der Waals surface area contributed by atoms with Crippen molar-refractivity contribution in [2.24, 2.45) is 11.7 Å². The predicted octanol–water partition coefficient (Wildman–Crippen LogP) is 0.761. The molecule has 0 amide bonds. The second kappa shape index (κ2) is 5.73. The zero-order valence-corrected chi connectivity index (χ0v) is 8.98. The molecule has 3 nitrogen and oxygen atoms in total. The minimum atomic E-state index is 0.535. The van der Waals surface area contributed by atoms with Crippen molar-refractivity contribution in [2.45, 2.75) is 6.42 Å². The third-order valence-corrected chi connectivity index (χ3v) is 2.23. The molecule has 0 saturated heterocycles. The Balaban J connectivity index is 2.48. The Kier molecular flexibility index (Phi) is 4.56. The lowest BCUT2D eigenvalue weighted by Gasteiger charge is -2.19. The molecule has 0 radical (unpaired) electrons. The molecule has 1 unspecified atom stereocenters. The van der Waals surface area contributed by atoms with Crippen LogP contribution in [0.2, 0.25) is 0 Å². The summed E-state index contributed by atoms with van der Waals surface area (Å²) < 4.78 is 0. The first kappa shape index (κ1) is 11.1. The Bertz CT molecular complexity index is 246. The molecule has 1 heterocycles. The molecular formula is C11H19N3. The van der Waals surface area contributed by atoms with Crippen LogP contribution in [0.3, 0.4) is 0 Å². The van der Waals surface area contributed by atoms with Gasteiger partial charge in [0.25, 0.3) is 0 Å². The molecule has 0 fully saturated rings. The summed E-state index contributed by atoms with van der Waals surface area (Å²) in [5.41, 5.74) is 7.04. The molecule has 0 bridgehead atoms. The van der Waals surface area contributed by atoms with E-state index in [1.165, 1.54) is 5.56 Å². The molecule has 0 aliphatic rings. The molecule has 1 aromatic heterocycles. The first-order valence-electron chi connectivity index (χ1n) is 4.96. The quantitative estimate of drug-likeness (QED) is 0.750. The number of nitrogens with zero attached hydrogens (tertiary/aromatic N) is 2. The number of nitrogens with two attached hydrogens (primary N) is 1. The van der Waals surface area contributed by atoms with Gasteiger partial charge in [-0.15, -0.1) is 0 Å². The summed E-state index contributed by atoms with van der Waals surface area (Å²) in [7, 11) is 4.16. The van der Waals surface area contributed by atoms with Crippen LogP contribution in [0.25, 0.3) is 0 Å². The van der Waals surface area contributed by atoms with Crippen molar-refractivity contribution < 1.29 is 0 Å². The fraction of sp³-hybridized carbons (Fsp3) is 0.545. The molecule has 0 saturated carbocycles. The molecule has 0 aliphatic heterocycles. The largest absolute Gasteiger partial charge is 0.330 e. The van der Waals surface area contributed by atoms with E-state index in [4.69, 9.17) is 5.73 Å². The van der Waals surface area contributed by atoms with Gasteiger partial charge in [0.2, 0.25) is 0 Å². The number of hydrogen-bond acceptors (Lipinski definition) is 3. The van der Waals surface area contributed by atoms with Gasteiger partial charge in [-0.2, -0.15) is 0 Å². The van der Waals surface area contributed by atoms with Crippen LogP contribution >= 0.6 is 0 Å². The first-order chi connectivity index (χ1) is 6.72. The highest BCUT2D eigenvalue weighted by Gasteiger charge is 2.08. The van der Waals surface area contributed by atoms with Crippen molar-refractivity contribution in [2.75, 3.05) is 27.2 Å². The van der Waals surface area contributed by atoms with Crippen molar-refractivity contribution >= 4 is 0 Å². The Morgan fingerprint density at radius 2 is 2.00 bits per heavy atom. The number of rotatable bonds is 5. The Hall–Kier alpha value is -0.930. The maximum atomic E-state index is 5.73. The normalized spacial score (nSPS) is 13.1. The van der Waals surface area contributed by atoms with E-state index in [0.29, 0.717) is 5.92 Å². The molecule has 1 atom stereocenters. The average Bonchev–Trinajstić information content (AvgIpc) is 2.17. The molecule has 0 aliphatic carbocycles. The lowest BCUT2D eigenvalue weighted by atomic mass is 10.00. The Morgan fingerprint density at radius 3 is 2.50 bits per heavy atom. The van der Waals surface area contributed by atoms with Crippen molar-refractivity contribution in [1.29, 1.82) is 0 Å². The summed E-state index contributed by atoms with van der Waals surface area (Å²) >= 11 is 0. The molecule has 78 valence electrons. The van der Waals surface area contributed by atoms with Crippen LogP contribution in [0.4, 0.5) is 0 Å². The van der Waals surface area contributed by atoms with E-state index in [-0.39, 0.29) is 0 Å². The summed E-state index contributed by atoms with van der Waals surface area (Å²) in [4.78, 5) is 6.18. The summed E-state index contributed by atoms with van der Waals surface area (Å²) in [5, 5.41) is 0. The third-order valence-electron chi connectivity index (χ3n) is 2.23. The van der Waals surface area contributed by atoms with E-state index < -0.39 is 0 Å². The third kappa shape index (κ3) is 3.85. The van der Waals surface area contributed by atoms with E-state index in [2.05, 4.69) is 36.1 Å². The molecule has 0 spiro atoms. The SMILES string of the molecule is CN(C)CC(CN)Cc1ccncc1. The smallest absolute Gasteiger partial charge is 0.0270 e. The topological polar surface area (TPSA) is 42.1 Å². The highest BCUT2D eigenvalue weighted by Crippen LogP contribution is 2.07. The Labute approximate surface area is 85.9 Å². The monoisotopic (exact) mass is 193 g/mol. The molecular weight excluding hydrogens is 174 g/mol. The molecule has 3 heteroatoms. The summed E-state index contributed by atoms with van der Waals surface area (Å²) in [6, 6.07) is 4.11. The minimum Gasteiger partial charge on any atom is -0.330 e. The van der Waals surface area contributed by atoms with Gasteiger partial charge in [-0.3, -0.25) is 4.98 Å². The van der Waals surface area contributed by atoms with Gasteiger partial charge in [-0.05, 0) is 50.7 Å². The molecule has 2 N–H and O–H groups in total. The van der Waals surface area contributed by atoms with Crippen molar-refractivity contribution in [1.82, 2.24) is 9.88 Å². The zero-order valence-electron chi connectivity index (χ0n) is 8.98. The second-order valence-corrected chi connectivity index (χ2v) is 3.92. The van der Waals surface area contributed by atoms with E-state index in [1.54, 1.807) is 0 Å². The van der Waals surface area contributed by atoms with Crippen LogP contribution in [0.1, 0.15) is 5.56 Å². The maximum absolute atomic E-state index is 5.73. The van der Waals surface area contributed by atoms with Gasteiger partial charge in [0.05, 0.1) is 0 Å². The standard InChI is InChI=1S/C11H19N3/c1-14(2)9-11(8-12)7-10-3-5-13-6-4-10/h3-6,11H,7-9,12H2,1-2H3. The van der Waals surface area contributed by atoms with Gasteiger partial charge < -0.3 is 10.6 Å². The summed E-state index contributed by atoms with van der Waals surface area (Å²) in [5.74, 6) is 0.535. The van der Waals surface area contributed by atoms with Crippen molar-refractivity contribution in [3.05, 3.63) is 30.1 Å². The average molecular weight is 193 g/mol. The lowest BCUT2D eigenvalue weighted by Crippen LogP contribution is -2.29. The van der Waals surface area contributed by atoms with Crippen LogP contribution in [-0.4, -0.2) is 37.1 Å². The van der Waals surface area contributed by atoms with E-state index >= 15 is 0 Å². The zero-order chi connectivity index (χ0) is 10.4. The van der Waals surface area contributed by atoms with E-state index in [1.807, 2.05) is 12.4 Å². The van der Waals surface area contributed by atoms with E-state index in [9.17, 15) is 0 Å². The lowest BCUT2D eigenvalue weighted by molar-refractivity contribution is 0.327. The van der Waals surface area contributed by atoms with Gasteiger partial charge in [0.1, 0.15) is 0 Å². The van der Waals surface area contributed by atoms with Crippen LogP contribution in [-0.2, 0) is 6.42 Å². The molecule has 1 rings (SSSR count). The fourth-order valence-corrected chi connectivity index (χ4v) is 1.59. The second-order valence-electron chi connectivity index (χ2n) is 3.92. The van der Waals surface area contributed by atoms with Crippen LogP contribution < -0.4 is 5.73 Å². The van der Waals surface area contributed by atoms with Crippen LogP contribution in [0.15, 0.2) is 24.5 Å². The van der Waals surface area contributed by atoms with Gasteiger partial charge in [0, 0.05) is 18.9 Å².